The first-order valence-electron chi connectivity index (χ1n) is 7.25. The zero-order chi connectivity index (χ0) is 15.4. The van der Waals surface area contributed by atoms with Crippen LogP contribution >= 0.6 is 0 Å². The lowest BCUT2D eigenvalue weighted by atomic mass is 10.1. The summed E-state index contributed by atoms with van der Waals surface area (Å²) in [5.74, 6) is 0. The van der Waals surface area contributed by atoms with Crippen LogP contribution in [0.1, 0.15) is 35.0 Å². The zero-order valence-electron chi connectivity index (χ0n) is 13.2. The van der Waals surface area contributed by atoms with Gasteiger partial charge in [0, 0.05) is 31.4 Å². The Labute approximate surface area is 126 Å². The molecule has 110 valence electrons. The van der Waals surface area contributed by atoms with Crippen molar-refractivity contribution in [2.24, 2.45) is 7.05 Å². The van der Waals surface area contributed by atoms with Crippen LogP contribution in [0.2, 0.25) is 0 Å². The largest absolute Gasteiger partial charge is 0.295 e. The first kappa shape index (κ1) is 15.3. The van der Waals surface area contributed by atoms with Crippen LogP contribution in [-0.4, -0.2) is 21.2 Å². The van der Waals surface area contributed by atoms with E-state index in [0.29, 0.717) is 0 Å². The van der Waals surface area contributed by atoms with Gasteiger partial charge in [-0.3, -0.25) is 9.58 Å². The predicted octanol–water partition coefficient (Wildman–Crippen LogP) is 2.93. The average molecular weight is 282 g/mol. The minimum atomic E-state index is 0.720. The number of hydrogen-bond acceptors (Lipinski definition) is 3. The van der Waals surface area contributed by atoms with Gasteiger partial charge in [-0.1, -0.05) is 19.1 Å². The first-order chi connectivity index (χ1) is 10.0. The van der Waals surface area contributed by atoms with Crippen molar-refractivity contribution in [1.82, 2.24) is 14.7 Å². The molecule has 2 aromatic rings. The van der Waals surface area contributed by atoms with Crippen LogP contribution in [0.25, 0.3) is 0 Å². The summed E-state index contributed by atoms with van der Waals surface area (Å²) in [5.41, 5.74) is 5.51. The Kier molecular flexibility index (Phi) is 4.77. The topological polar surface area (TPSA) is 44.9 Å². The number of benzene rings is 1. The molecule has 0 aliphatic carbocycles. The van der Waals surface area contributed by atoms with E-state index >= 15 is 0 Å². The number of aromatic nitrogens is 2. The van der Waals surface area contributed by atoms with E-state index in [2.05, 4.69) is 42.9 Å². The van der Waals surface area contributed by atoms with Gasteiger partial charge in [0.2, 0.25) is 0 Å². The van der Waals surface area contributed by atoms with Crippen molar-refractivity contribution in [1.29, 1.82) is 5.26 Å². The molecule has 1 aromatic heterocycles. The Morgan fingerprint density at radius 3 is 2.62 bits per heavy atom. The molecule has 4 nitrogen and oxygen atoms in total. The number of nitriles is 1. The Hall–Kier alpha value is -2.12. The van der Waals surface area contributed by atoms with E-state index in [4.69, 9.17) is 5.26 Å². The summed E-state index contributed by atoms with van der Waals surface area (Å²) in [6, 6.07) is 10.0. The molecule has 0 aliphatic rings. The minimum absolute atomic E-state index is 0.720. The second-order valence-electron chi connectivity index (χ2n) is 5.39. The van der Waals surface area contributed by atoms with E-state index in [1.54, 1.807) is 0 Å². The summed E-state index contributed by atoms with van der Waals surface area (Å²) >= 11 is 0. The number of aryl methyl sites for hydroxylation is 2. The molecule has 1 aromatic carbocycles. The highest BCUT2D eigenvalue weighted by Crippen LogP contribution is 2.16. The molecule has 0 amide bonds. The molecule has 0 N–H and O–H groups in total. The normalized spacial score (nSPS) is 10.9. The molecule has 0 spiro atoms. The van der Waals surface area contributed by atoms with Crippen LogP contribution in [0.4, 0.5) is 0 Å². The summed E-state index contributed by atoms with van der Waals surface area (Å²) in [5, 5.41) is 13.5. The molecule has 0 fully saturated rings. The smallest absolute Gasteiger partial charge is 0.0991 e. The van der Waals surface area contributed by atoms with E-state index in [1.807, 2.05) is 29.9 Å². The van der Waals surface area contributed by atoms with E-state index in [9.17, 15) is 0 Å². The number of rotatable bonds is 5. The fourth-order valence-corrected chi connectivity index (χ4v) is 2.55. The van der Waals surface area contributed by atoms with Crippen molar-refractivity contribution in [3.05, 3.63) is 52.3 Å². The van der Waals surface area contributed by atoms with Crippen LogP contribution in [0.5, 0.6) is 0 Å². The van der Waals surface area contributed by atoms with Gasteiger partial charge in [-0.15, -0.1) is 0 Å². The highest BCUT2D eigenvalue weighted by atomic mass is 15.3. The molecule has 0 radical (unpaired) electrons. The third-order valence-corrected chi connectivity index (χ3v) is 3.95. The molecule has 0 bridgehead atoms. The molecule has 1 heterocycles. The third kappa shape index (κ3) is 3.50. The minimum Gasteiger partial charge on any atom is -0.295 e. The predicted molar refractivity (Wildman–Crippen MR) is 83.6 cm³/mol. The van der Waals surface area contributed by atoms with Crippen molar-refractivity contribution in [3.8, 4) is 6.07 Å². The number of nitrogens with zero attached hydrogens (tertiary/aromatic N) is 4. The van der Waals surface area contributed by atoms with Crippen LogP contribution in [0.3, 0.4) is 0 Å². The lowest BCUT2D eigenvalue weighted by molar-refractivity contribution is 0.270. The summed E-state index contributed by atoms with van der Waals surface area (Å²) < 4.78 is 1.94. The van der Waals surface area contributed by atoms with E-state index in [0.717, 1.165) is 30.9 Å². The fourth-order valence-electron chi connectivity index (χ4n) is 2.55. The van der Waals surface area contributed by atoms with Gasteiger partial charge >= 0.3 is 0 Å². The SMILES string of the molecule is CCN(Cc1cccc(C#N)c1)Cc1c(C)nn(C)c1C. The van der Waals surface area contributed by atoms with Crippen molar-refractivity contribution in [2.75, 3.05) is 6.54 Å². The molecular weight excluding hydrogens is 260 g/mol. The van der Waals surface area contributed by atoms with E-state index < -0.39 is 0 Å². The second-order valence-corrected chi connectivity index (χ2v) is 5.39. The molecule has 0 atom stereocenters. The van der Waals surface area contributed by atoms with Gasteiger partial charge in [-0.05, 0) is 38.1 Å². The molecule has 0 saturated carbocycles. The van der Waals surface area contributed by atoms with Crippen LogP contribution < -0.4 is 0 Å². The van der Waals surface area contributed by atoms with Gasteiger partial charge in [0.1, 0.15) is 0 Å². The first-order valence-corrected chi connectivity index (χ1v) is 7.25. The third-order valence-electron chi connectivity index (χ3n) is 3.95. The van der Waals surface area contributed by atoms with Crippen molar-refractivity contribution in [2.45, 2.75) is 33.9 Å². The second kappa shape index (κ2) is 6.55. The quantitative estimate of drug-likeness (QED) is 0.847. The number of hydrogen-bond donors (Lipinski definition) is 0. The summed E-state index contributed by atoms with van der Waals surface area (Å²) in [7, 11) is 1.98. The van der Waals surface area contributed by atoms with Gasteiger partial charge in [0.05, 0.1) is 17.3 Å². The lowest BCUT2D eigenvalue weighted by Gasteiger charge is -2.21. The summed E-state index contributed by atoms with van der Waals surface area (Å²) in [4.78, 5) is 2.37. The van der Waals surface area contributed by atoms with Crippen LogP contribution in [0, 0.1) is 25.2 Å². The summed E-state index contributed by atoms with van der Waals surface area (Å²) in [6.45, 7) is 9.03. The maximum Gasteiger partial charge on any atom is 0.0991 e. The molecule has 0 aliphatic heterocycles. The van der Waals surface area contributed by atoms with Gasteiger partial charge in [-0.2, -0.15) is 10.4 Å². The van der Waals surface area contributed by atoms with Crippen molar-refractivity contribution >= 4 is 0 Å². The molecule has 21 heavy (non-hydrogen) atoms. The Bertz CT molecular complexity index is 664. The molecule has 0 unspecified atom stereocenters. The van der Waals surface area contributed by atoms with Crippen LogP contribution in [0.15, 0.2) is 24.3 Å². The van der Waals surface area contributed by atoms with Crippen molar-refractivity contribution in [3.63, 3.8) is 0 Å². The fraction of sp³-hybridized carbons (Fsp3) is 0.412. The highest BCUT2D eigenvalue weighted by molar-refractivity contribution is 5.33. The maximum atomic E-state index is 8.99. The average Bonchev–Trinajstić information content (AvgIpc) is 2.73. The standard InChI is InChI=1S/C17H22N4/c1-5-21(11-16-8-6-7-15(9-16)10-18)12-17-13(2)19-20(4)14(17)3/h6-9H,5,11-12H2,1-4H3. The Morgan fingerprint density at radius 2 is 2.05 bits per heavy atom. The van der Waals surface area contributed by atoms with Gasteiger partial charge in [-0.25, -0.2) is 0 Å². The summed E-state index contributed by atoms with van der Waals surface area (Å²) in [6.07, 6.45) is 0. The maximum absolute atomic E-state index is 8.99. The van der Waals surface area contributed by atoms with E-state index in [1.165, 1.54) is 16.8 Å². The Balaban J connectivity index is 2.15. The lowest BCUT2D eigenvalue weighted by Crippen LogP contribution is -2.23. The monoisotopic (exact) mass is 282 g/mol. The molecule has 4 heteroatoms. The van der Waals surface area contributed by atoms with Gasteiger partial charge < -0.3 is 0 Å². The molecule has 2 rings (SSSR count). The molecule has 0 saturated heterocycles. The molecular formula is C17H22N4. The zero-order valence-corrected chi connectivity index (χ0v) is 13.2. The van der Waals surface area contributed by atoms with Gasteiger partial charge in [0.25, 0.3) is 0 Å². The highest BCUT2D eigenvalue weighted by Gasteiger charge is 2.13. The van der Waals surface area contributed by atoms with Gasteiger partial charge in [0.15, 0.2) is 0 Å². The van der Waals surface area contributed by atoms with Crippen molar-refractivity contribution < 1.29 is 0 Å². The van der Waals surface area contributed by atoms with E-state index in [-0.39, 0.29) is 0 Å². The Morgan fingerprint density at radius 1 is 1.29 bits per heavy atom. The van der Waals surface area contributed by atoms with Crippen LogP contribution in [-0.2, 0) is 20.1 Å².